The van der Waals surface area contributed by atoms with Gasteiger partial charge in [0, 0.05) is 18.7 Å². The van der Waals surface area contributed by atoms with E-state index >= 15 is 0 Å². The van der Waals surface area contributed by atoms with E-state index in [4.69, 9.17) is 4.42 Å². The average Bonchev–Trinajstić information content (AvgIpc) is 3.26. The molecule has 0 bridgehead atoms. The molecule has 2 aromatic heterocycles. The number of amides is 2. The third-order valence-corrected chi connectivity index (χ3v) is 4.54. The zero-order valence-electron chi connectivity index (χ0n) is 11.9. The van der Waals surface area contributed by atoms with Crippen molar-refractivity contribution in [3.63, 3.8) is 0 Å². The van der Waals surface area contributed by atoms with Gasteiger partial charge in [0.05, 0.1) is 41.9 Å². The lowest BCUT2D eigenvalue weighted by molar-refractivity contribution is -0.123. The molecule has 0 spiro atoms. The van der Waals surface area contributed by atoms with Gasteiger partial charge in [0.1, 0.15) is 0 Å². The summed E-state index contributed by atoms with van der Waals surface area (Å²) in [6.45, 7) is 1.21. The Morgan fingerprint density at radius 3 is 3.18 bits per heavy atom. The van der Waals surface area contributed by atoms with E-state index in [-0.39, 0.29) is 23.8 Å². The van der Waals surface area contributed by atoms with Gasteiger partial charge in [-0.3, -0.25) is 14.7 Å². The number of nitrogens with one attached hydrogen (secondary N) is 2. The first kappa shape index (κ1) is 13.1. The van der Waals surface area contributed by atoms with E-state index < -0.39 is 0 Å². The van der Waals surface area contributed by atoms with Crippen molar-refractivity contribution in [1.29, 1.82) is 0 Å². The van der Waals surface area contributed by atoms with Gasteiger partial charge in [0.15, 0.2) is 0 Å². The maximum Gasteiger partial charge on any atom is 0.258 e. The first-order valence-corrected chi connectivity index (χ1v) is 7.40. The lowest BCUT2D eigenvalue weighted by atomic mass is 9.91. The number of furan rings is 1. The van der Waals surface area contributed by atoms with Crippen LogP contribution in [-0.4, -0.2) is 46.0 Å². The topological polar surface area (TPSA) is 91.2 Å². The van der Waals surface area contributed by atoms with Crippen molar-refractivity contribution in [3.05, 3.63) is 30.4 Å². The van der Waals surface area contributed by atoms with Crippen LogP contribution >= 0.6 is 0 Å². The van der Waals surface area contributed by atoms with Gasteiger partial charge in [-0.2, -0.15) is 5.10 Å². The fraction of sp³-hybridized carbons (Fsp3) is 0.400. The fourth-order valence-corrected chi connectivity index (χ4v) is 3.43. The minimum Gasteiger partial charge on any atom is -0.472 e. The summed E-state index contributed by atoms with van der Waals surface area (Å²) in [7, 11) is 0. The highest BCUT2D eigenvalue weighted by Crippen LogP contribution is 2.30. The van der Waals surface area contributed by atoms with E-state index in [1.54, 1.807) is 29.7 Å². The molecular weight excluding hydrogens is 284 g/mol. The fourth-order valence-electron chi connectivity index (χ4n) is 3.43. The number of aromatic amines is 1. The van der Waals surface area contributed by atoms with Gasteiger partial charge in [0.2, 0.25) is 5.91 Å². The standard InChI is InChI=1S/C15H16N4O3/c20-14-10-2-1-4-19(12(10)7-16-14)15(21)11-6-17-18-13(11)9-3-5-22-8-9/h3,5-6,8,10,12H,1-2,4,7H2,(H,16,20)(H,17,18)/t10-,12-/m1/s1. The van der Waals surface area contributed by atoms with Crippen molar-refractivity contribution in [2.24, 2.45) is 5.92 Å². The van der Waals surface area contributed by atoms with Gasteiger partial charge >= 0.3 is 0 Å². The first-order chi connectivity index (χ1) is 10.8. The van der Waals surface area contributed by atoms with Gasteiger partial charge in [0.25, 0.3) is 5.91 Å². The second kappa shape index (κ2) is 5.01. The van der Waals surface area contributed by atoms with Gasteiger partial charge in [-0.25, -0.2) is 0 Å². The summed E-state index contributed by atoms with van der Waals surface area (Å²) in [6, 6.07) is 1.73. The van der Waals surface area contributed by atoms with E-state index in [2.05, 4.69) is 15.5 Å². The maximum atomic E-state index is 12.9. The van der Waals surface area contributed by atoms with Crippen LogP contribution in [0.25, 0.3) is 11.3 Å². The molecular formula is C15H16N4O3. The van der Waals surface area contributed by atoms with E-state index in [0.29, 0.717) is 24.3 Å². The molecule has 2 N–H and O–H groups in total. The third kappa shape index (κ3) is 1.93. The number of carbonyl (C=O) groups excluding carboxylic acids is 2. The molecule has 7 heteroatoms. The number of aromatic nitrogens is 2. The van der Waals surface area contributed by atoms with Crippen molar-refractivity contribution >= 4 is 11.8 Å². The van der Waals surface area contributed by atoms with E-state index in [9.17, 15) is 9.59 Å². The van der Waals surface area contributed by atoms with Crippen LogP contribution in [-0.2, 0) is 4.79 Å². The van der Waals surface area contributed by atoms with E-state index in [1.165, 1.54) is 0 Å². The molecule has 0 radical (unpaired) electrons. The van der Waals surface area contributed by atoms with Crippen LogP contribution < -0.4 is 5.32 Å². The van der Waals surface area contributed by atoms with Crippen LogP contribution in [0.1, 0.15) is 23.2 Å². The molecule has 0 aliphatic carbocycles. The summed E-state index contributed by atoms with van der Waals surface area (Å²) in [4.78, 5) is 26.6. The molecule has 0 aromatic carbocycles. The van der Waals surface area contributed by atoms with Crippen LogP contribution in [0.15, 0.2) is 29.2 Å². The molecule has 4 heterocycles. The van der Waals surface area contributed by atoms with Crippen LogP contribution in [0.2, 0.25) is 0 Å². The lowest BCUT2D eigenvalue weighted by Crippen LogP contribution is -2.48. The predicted octanol–water partition coefficient (Wildman–Crippen LogP) is 1.02. The van der Waals surface area contributed by atoms with E-state index in [1.807, 2.05) is 0 Å². The van der Waals surface area contributed by atoms with Crippen LogP contribution in [0, 0.1) is 5.92 Å². The number of nitrogens with zero attached hydrogens (tertiary/aromatic N) is 2. The number of hydrogen-bond donors (Lipinski definition) is 2. The van der Waals surface area contributed by atoms with Crippen molar-refractivity contribution in [3.8, 4) is 11.3 Å². The molecule has 114 valence electrons. The summed E-state index contributed by atoms with van der Waals surface area (Å²) < 4.78 is 5.07. The molecule has 7 nitrogen and oxygen atoms in total. The monoisotopic (exact) mass is 300 g/mol. The number of likely N-dealkylation sites (tertiary alicyclic amines) is 1. The molecule has 2 aromatic rings. The molecule has 22 heavy (non-hydrogen) atoms. The number of fused-ring (bicyclic) bond motifs is 1. The molecule has 0 saturated carbocycles. The Balaban J connectivity index is 1.65. The highest BCUT2D eigenvalue weighted by molar-refractivity contribution is 6.00. The minimum absolute atomic E-state index is 0.0548. The number of rotatable bonds is 2. The SMILES string of the molecule is O=C1NC[C@@H]2[C@H]1CCCN2C(=O)c1cn[nH]c1-c1ccoc1. The van der Waals surface area contributed by atoms with Crippen LogP contribution in [0.3, 0.4) is 0 Å². The highest BCUT2D eigenvalue weighted by atomic mass is 16.3. The molecule has 0 unspecified atom stereocenters. The van der Waals surface area contributed by atoms with Crippen molar-refractivity contribution in [1.82, 2.24) is 20.4 Å². The number of piperidine rings is 1. The molecule has 2 fully saturated rings. The Kier molecular flexibility index (Phi) is 2.99. The highest BCUT2D eigenvalue weighted by Gasteiger charge is 2.43. The second-order valence-electron chi connectivity index (χ2n) is 5.73. The average molecular weight is 300 g/mol. The Hall–Kier alpha value is -2.57. The Bertz CT molecular complexity index is 706. The summed E-state index contributed by atoms with van der Waals surface area (Å²) in [5.74, 6) is -0.108. The number of hydrogen-bond acceptors (Lipinski definition) is 4. The van der Waals surface area contributed by atoms with Gasteiger partial charge < -0.3 is 14.6 Å². The molecule has 2 aliphatic heterocycles. The first-order valence-electron chi connectivity index (χ1n) is 7.40. The zero-order valence-corrected chi connectivity index (χ0v) is 11.9. The second-order valence-corrected chi connectivity index (χ2v) is 5.73. The summed E-state index contributed by atoms with van der Waals surface area (Å²) in [5.41, 5.74) is 1.95. The third-order valence-electron chi connectivity index (χ3n) is 4.54. The largest absolute Gasteiger partial charge is 0.472 e. The predicted molar refractivity (Wildman–Crippen MR) is 76.8 cm³/mol. The number of H-pyrrole nitrogens is 1. The minimum atomic E-state index is -0.0869. The Morgan fingerprint density at radius 2 is 2.36 bits per heavy atom. The molecule has 2 amide bonds. The van der Waals surface area contributed by atoms with Crippen molar-refractivity contribution in [2.45, 2.75) is 18.9 Å². The smallest absolute Gasteiger partial charge is 0.258 e. The van der Waals surface area contributed by atoms with Gasteiger partial charge in [-0.15, -0.1) is 0 Å². The van der Waals surface area contributed by atoms with Gasteiger partial charge in [-0.05, 0) is 18.9 Å². The van der Waals surface area contributed by atoms with Crippen LogP contribution in [0.5, 0.6) is 0 Å². The quantitative estimate of drug-likeness (QED) is 0.866. The summed E-state index contributed by atoms with van der Waals surface area (Å²) in [6.07, 6.45) is 6.36. The van der Waals surface area contributed by atoms with Crippen LogP contribution in [0.4, 0.5) is 0 Å². The Labute approximate surface area is 126 Å². The van der Waals surface area contributed by atoms with Crippen molar-refractivity contribution < 1.29 is 14.0 Å². The molecule has 2 aliphatic rings. The van der Waals surface area contributed by atoms with Crippen molar-refractivity contribution in [2.75, 3.05) is 13.1 Å². The Morgan fingerprint density at radius 1 is 1.45 bits per heavy atom. The number of carbonyl (C=O) groups is 2. The lowest BCUT2D eigenvalue weighted by Gasteiger charge is -2.35. The molecule has 4 rings (SSSR count). The maximum absolute atomic E-state index is 12.9. The zero-order chi connectivity index (χ0) is 15.1. The molecule has 2 saturated heterocycles. The summed E-state index contributed by atoms with van der Waals surface area (Å²) in [5, 5.41) is 9.72. The molecule has 2 atom stereocenters. The van der Waals surface area contributed by atoms with Gasteiger partial charge in [-0.1, -0.05) is 0 Å². The summed E-state index contributed by atoms with van der Waals surface area (Å²) >= 11 is 0. The van der Waals surface area contributed by atoms with E-state index in [0.717, 1.165) is 18.4 Å². The normalized spacial score (nSPS) is 24.2.